The Morgan fingerprint density at radius 3 is 1.89 bits per heavy atom. The summed E-state index contributed by atoms with van der Waals surface area (Å²) in [5, 5.41) is 8.18. The molecule has 58 valence electrons. The van der Waals surface area contributed by atoms with Crippen LogP contribution in [0.5, 0.6) is 0 Å². The molecule has 0 aromatic carbocycles. The van der Waals surface area contributed by atoms with Gasteiger partial charge in [-0.25, -0.2) is 0 Å². The van der Waals surface area contributed by atoms with Crippen LogP contribution in [-0.2, 0) is 4.79 Å². The van der Waals surface area contributed by atoms with Crippen LogP contribution in [0.3, 0.4) is 0 Å². The third-order valence-electron chi connectivity index (χ3n) is 1.03. The van der Waals surface area contributed by atoms with E-state index in [0.29, 0.717) is 0 Å². The van der Waals surface area contributed by atoms with E-state index in [9.17, 15) is 4.79 Å². The number of rotatable bonds is 2. The van der Waals surface area contributed by atoms with E-state index in [2.05, 4.69) is 0 Å². The molecule has 9 heavy (non-hydrogen) atoms. The monoisotopic (exact) mass is 134 g/mol. The summed E-state index contributed by atoms with van der Waals surface area (Å²) in [5.41, 5.74) is 0. The van der Waals surface area contributed by atoms with Crippen LogP contribution in [0.15, 0.2) is 0 Å². The number of carboxylic acid groups (broad SMARTS) is 1. The Morgan fingerprint density at radius 1 is 1.56 bits per heavy atom. The lowest BCUT2D eigenvalue weighted by atomic mass is 10.1. The molecule has 0 saturated carbocycles. The molecule has 0 aromatic rings. The fourth-order valence-electron chi connectivity index (χ4n) is 0.175. The van der Waals surface area contributed by atoms with Gasteiger partial charge in [-0.3, -0.25) is 4.79 Å². The first-order chi connectivity index (χ1) is 3.18. The quantitative estimate of drug-likeness (QED) is 0.629. The van der Waals surface area contributed by atoms with Gasteiger partial charge in [0.15, 0.2) is 0 Å². The van der Waals surface area contributed by atoms with Crippen molar-refractivity contribution in [2.75, 3.05) is 0 Å². The van der Waals surface area contributed by atoms with Crippen LogP contribution in [0, 0.1) is 5.92 Å². The van der Waals surface area contributed by atoms with Gasteiger partial charge in [0.2, 0.25) is 0 Å². The van der Waals surface area contributed by atoms with Crippen molar-refractivity contribution in [3.05, 3.63) is 0 Å². The van der Waals surface area contributed by atoms with Gasteiger partial charge >= 0.3 is 5.97 Å². The van der Waals surface area contributed by atoms with E-state index < -0.39 is 5.97 Å². The maximum absolute atomic E-state index is 9.93. The molecule has 0 rings (SSSR count). The first-order valence-corrected chi connectivity index (χ1v) is 2.41. The van der Waals surface area contributed by atoms with Crippen LogP contribution < -0.4 is 0 Å². The van der Waals surface area contributed by atoms with E-state index in [4.69, 9.17) is 5.11 Å². The van der Waals surface area contributed by atoms with Crippen LogP contribution in [0.1, 0.15) is 35.1 Å². The minimum atomic E-state index is -0.706. The Kier molecular flexibility index (Phi) is 13.1. The Balaban J connectivity index is -0.000000180. The van der Waals surface area contributed by atoms with Crippen LogP contribution in [0.4, 0.5) is 0 Å². The summed E-state index contributed by atoms with van der Waals surface area (Å²) in [6.07, 6.45) is 0.718. The molecular weight excluding hydrogens is 116 g/mol. The Labute approximate surface area is 57.9 Å². The van der Waals surface area contributed by atoms with Crippen molar-refractivity contribution in [1.82, 2.24) is 0 Å². The first-order valence-electron chi connectivity index (χ1n) is 2.41. The Morgan fingerprint density at radius 2 is 1.89 bits per heavy atom. The van der Waals surface area contributed by atoms with Crippen LogP contribution in [0.25, 0.3) is 0 Å². The predicted molar refractivity (Wildman–Crippen MR) is 40.6 cm³/mol. The second-order valence-corrected chi connectivity index (χ2v) is 1.65. The summed E-state index contributed by atoms with van der Waals surface area (Å²) in [5.74, 6) is -0.887. The molecule has 0 bridgehead atoms. The van der Waals surface area contributed by atoms with Crippen molar-refractivity contribution in [3.63, 3.8) is 0 Å². The molecule has 1 unspecified atom stereocenters. The maximum atomic E-state index is 9.93. The molecular formula is C7H18O2. The lowest BCUT2D eigenvalue weighted by Crippen LogP contribution is -2.06. The maximum Gasteiger partial charge on any atom is 0.306 e. The average Bonchev–Trinajstić information content (AvgIpc) is 1.65. The molecule has 0 aliphatic heterocycles. The van der Waals surface area contributed by atoms with Gasteiger partial charge in [-0.15, -0.1) is 0 Å². The zero-order valence-corrected chi connectivity index (χ0v) is 4.64. The van der Waals surface area contributed by atoms with Crippen molar-refractivity contribution in [1.29, 1.82) is 0 Å². The minimum Gasteiger partial charge on any atom is -0.481 e. The van der Waals surface area contributed by atoms with E-state index in [1.807, 2.05) is 6.92 Å². The minimum absolute atomic E-state index is 0. The normalized spacial score (nSPS) is 10.4. The van der Waals surface area contributed by atoms with Gasteiger partial charge in [0, 0.05) is 0 Å². The van der Waals surface area contributed by atoms with Gasteiger partial charge in [-0.2, -0.15) is 0 Å². The number of hydrogen-bond acceptors (Lipinski definition) is 1. The molecule has 0 saturated heterocycles. The zero-order valence-electron chi connectivity index (χ0n) is 4.64. The molecule has 0 aliphatic carbocycles. The molecule has 2 nitrogen and oxygen atoms in total. The number of hydrogen-bond donors (Lipinski definition) is 1. The van der Waals surface area contributed by atoms with Crippen LogP contribution >= 0.6 is 0 Å². The van der Waals surface area contributed by atoms with Crippen LogP contribution in [-0.4, -0.2) is 11.1 Å². The molecule has 0 heterocycles. The highest BCUT2D eigenvalue weighted by Gasteiger charge is 2.05. The van der Waals surface area contributed by atoms with Gasteiger partial charge < -0.3 is 5.11 Å². The first kappa shape index (κ1) is 15.8. The Bertz CT molecular complexity index is 69.3. The average molecular weight is 134 g/mol. The molecule has 1 N–H and O–H groups in total. The molecule has 1 atom stereocenters. The van der Waals surface area contributed by atoms with E-state index in [1.165, 1.54) is 0 Å². The van der Waals surface area contributed by atoms with E-state index >= 15 is 0 Å². The lowest BCUT2D eigenvalue weighted by molar-refractivity contribution is -0.141. The highest BCUT2D eigenvalue weighted by molar-refractivity contribution is 5.69. The fourth-order valence-corrected chi connectivity index (χ4v) is 0.175. The zero-order chi connectivity index (χ0) is 5.86. The van der Waals surface area contributed by atoms with Gasteiger partial charge in [0.05, 0.1) is 5.92 Å². The second-order valence-electron chi connectivity index (χ2n) is 1.65. The van der Waals surface area contributed by atoms with Crippen molar-refractivity contribution in [2.24, 2.45) is 5.92 Å². The lowest BCUT2D eigenvalue weighted by Gasteiger charge is -1.96. The predicted octanol–water partition coefficient (Wildman–Crippen LogP) is 2.39. The summed E-state index contributed by atoms with van der Waals surface area (Å²) in [7, 11) is 0. The van der Waals surface area contributed by atoms with Crippen LogP contribution in [0.2, 0.25) is 0 Å². The number of carboxylic acids is 1. The largest absolute Gasteiger partial charge is 0.481 e. The van der Waals surface area contributed by atoms with Gasteiger partial charge in [-0.05, 0) is 6.42 Å². The van der Waals surface area contributed by atoms with Gasteiger partial charge in [0.25, 0.3) is 0 Å². The van der Waals surface area contributed by atoms with E-state index in [0.717, 1.165) is 6.42 Å². The van der Waals surface area contributed by atoms with Gasteiger partial charge in [0.1, 0.15) is 0 Å². The molecule has 0 amide bonds. The topological polar surface area (TPSA) is 37.3 Å². The summed E-state index contributed by atoms with van der Waals surface area (Å²) >= 11 is 0. The second kappa shape index (κ2) is 7.47. The standard InChI is InChI=1S/C5H10O2.2CH4/c1-3-4(2)5(6)7;;/h4H,3H2,1-2H3,(H,6,7);2*1H4. The van der Waals surface area contributed by atoms with E-state index in [-0.39, 0.29) is 20.8 Å². The highest BCUT2D eigenvalue weighted by atomic mass is 16.4. The summed E-state index contributed by atoms with van der Waals surface area (Å²) < 4.78 is 0. The van der Waals surface area contributed by atoms with Crippen molar-refractivity contribution < 1.29 is 9.90 Å². The van der Waals surface area contributed by atoms with Gasteiger partial charge in [-0.1, -0.05) is 28.7 Å². The summed E-state index contributed by atoms with van der Waals surface area (Å²) in [6, 6.07) is 0. The highest BCUT2D eigenvalue weighted by Crippen LogP contribution is 1.97. The van der Waals surface area contributed by atoms with Crippen molar-refractivity contribution in [3.8, 4) is 0 Å². The SMILES string of the molecule is C.C.CCC(C)C(=O)O. The summed E-state index contributed by atoms with van der Waals surface area (Å²) in [6.45, 7) is 3.56. The number of carbonyl (C=O) groups is 1. The third-order valence-corrected chi connectivity index (χ3v) is 1.03. The summed E-state index contributed by atoms with van der Waals surface area (Å²) in [4.78, 5) is 9.93. The fraction of sp³-hybridized carbons (Fsp3) is 0.857. The third kappa shape index (κ3) is 7.47. The Hall–Kier alpha value is -0.530. The molecule has 0 aromatic heterocycles. The molecule has 0 aliphatic rings. The molecule has 0 fully saturated rings. The van der Waals surface area contributed by atoms with E-state index in [1.54, 1.807) is 6.92 Å². The molecule has 0 spiro atoms. The number of aliphatic carboxylic acids is 1. The smallest absolute Gasteiger partial charge is 0.306 e. The molecule has 0 radical (unpaired) electrons. The van der Waals surface area contributed by atoms with Crippen molar-refractivity contribution >= 4 is 5.97 Å². The van der Waals surface area contributed by atoms with Crippen molar-refractivity contribution in [2.45, 2.75) is 35.1 Å². The molecule has 2 heteroatoms.